The number of hydrogen-bond donors (Lipinski definition) is 0. The van der Waals surface area contributed by atoms with E-state index in [0.717, 1.165) is 18.2 Å². The predicted octanol–water partition coefficient (Wildman–Crippen LogP) is 3.67. The average molecular weight is 292 g/mol. The molecule has 2 nitrogen and oxygen atoms in total. The Morgan fingerprint density at radius 2 is 2.20 bits per heavy atom. The van der Waals surface area contributed by atoms with Gasteiger partial charge in [0, 0.05) is 10.4 Å². The van der Waals surface area contributed by atoms with Crippen molar-refractivity contribution in [2.24, 2.45) is 0 Å². The molecule has 0 atom stereocenters. The summed E-state index contributed by atoms with van der Waals surface area (Å²) in [5.74, 6) is -0.313. The van der Waals surface area contributed by atoms with Crippen LogP contribution in [0.25, 0.3) is 0 Å². The highest BCUT2D eigenvalue weighted by atomic mass is 79.9. The molecule has 1 aromatic carbocycles. The molecule has 0 heterocycles. The van der Waals surface area contributed by atoms with Crippen LogP contribution in [-0.2, 0) is 4.74 Å². The van der Waals surface area contributed by atoms with E-state index in [1.54, 1.807) is 24.3 Å². The number of unbranched alkanes of at least 4 members (excludes halogenated alkanes) is 1. The zero-order chi connectivity index (χ0) is 11.1. The van der Waals surface area contributed by atoms with Crippen molar-refractivity contribution in [3.63, 3.8) is 0 Å². The molecule has 0 amide bonds. The van der Waals surface area contributed by atoms with Crippen LogP contribution in [0.15, 0.2) is 24.3 Å². The molecule has 0 aromatic heterocycles. The van der Waals surface area contributed by atoms with Gasteiger partial charge in [0.05, 0.1) is 12.2 Å². The number of esters is 1. The van der Waals surface area contributed by atoms with Gasteiger partial charge in [-0.05, 0) is 31.0 Å². The Balaban J connectivity index is 2.40. The van der Waals surface area contributed by atoms with Gasteiger partial charge in [-0.1, -0.05) is 33.6 Å². The molecule has 0 unspecified atom stereocenters. The minimum absolute atomic E-state index is 0.313. The minimum Gasteiger partial charge on any atom is -0.462 e. The van der Waals surface area contributed by atoms with Gasteiger partial charge in [-0.3, -0.25) is 0 Å². The van der Waals surface area contributed by atoms with E-state index >= 15 is 0 Å². The predicted molar refractivity (Wildman–Crippen MR) is 64.8 cm³/mol. The Bertz CT molecular complexity index is 328. The lowest BCUT2D eigenvalue weighted by Crippen LogP contribution is -2.06. The summed E-state index contributed by atoms with van der Waals surface area (Å²) < 4.78 is 5.07. The first-order chi connectivity index (χ1) is 7.24. The van der Waals surface area contributed by atoms with Crippen LogP contribution >= 0.6 is 27.5 Å². The molecule has 4 heteroatoms. The molecule has 0 spiro atoms. The molecule has 82 valence electrons. The van der Waals surface area contributed by atoms with Crippen LogP contribution < -0.4 is 0 Å². The summed E-state index contributed by atoms with van der Waals surface area (Å²) in [7, 11) is 0. The van der Waals surface area contributed by atoms with Crippen LogP contribution in [0.2, 0.25) is 5.02 Å². The van der Waals surface area contributed by atoms with Gasteiger partial charge < -0.3 is 4.74 Å². The van der Waals surface area contributed by atoms with Crippen LogP contribution in [0.1, 0.15) is 23.2 Å². The Labute approximate surface area is 103 Å². The third-order valence-corrected chi connectivity index (χ3v) is 2.62. The molecule has 0 saturated carbocycles. The Hall–Kier alpha value is -0.540. The van der Waals surface area contributed by atoms with Crippen LogP contribution in [0.3, 0.4) is 0 Å². The number of carbonyl (C=O) groups is 1. The molecule has 1 aromatic rings. The van der Waals surface area contributed by atoms with Crippen molar-refractivity contribution in [1.82, 2.24) is 0 Å². The van der Waals surface area contributed by atoms with Gasteiger partial charge in [0.25, 0.3) is 0 Å². The molecule has 1 rings (SSSR count). The lowest BCUT2D eigenvalue weighted by Gasteiger charge is -2.03. The molecule has 0 N–H and O–H groups in total. The molecule has 0 aliphatic rings. The van der Waals surface area contributed by atoms with E-state index in [0.29, 0.717) is 17.2 Å². The topological polar surface area (TPSA) is 26.3 Å². The molecule has 0 aliphatic carbocycles. The zero-order valence-electron chi connectivity index (χ0n) is 8.21. The molecular weight excluding hydrogens is 279 g/mol. The van der Waals surface area contributed by atoms with Crippen LogP contribution in [-0.4, -0.2) is 17.9 Å². The van der Waals surface area contributed by atoms with Crippen LogP contribution in [0.4, 0.5) is 0 Å². The number of benzene rings is 1. The fourth-order valence-electron chi connectivity index (χ4n) is 1.06. The van der Waals surface area contributed by atoms with Crippen molar-refractivity contribution < 1.29 is 9.53 Å². The summed E-state index contributed by atoms with van der Waals surface area (Å²) >= 11 is 9.07. The molecule has 0 radical (unpaired) electrons. The summed E-state index contributed by atoms with van der Waals surface area (Å²) in [4.78, 5) is 11.5. The number of rotatable bonds is 5. The summed E-state index contributed by atoms with van der Waals surface area (Å²) in [5.41, 5.74) is 0.501. The van der Waals surface area contributed by atoms with E-state index in [4.69, 9.17) is 16.3 Å². The monoisotopic (exact) mass is 290 g/mol. The smallest absolute Gasteiger partial charge is 0.338 e. The van der Waals surface area contributed by atoms with E-state index in [1.807, 2.05) is 0 Å². The normalized spacial score (nSPS) is 10.0. The van der Waals surface area contributed by atoms with Gasteiger partial charge in [0.15, 0.2) is 0 Å². The quantitative estimate of drug-likeness (QED) is 0.470. The first-order valence-corrected chi connectivity index (χ1v) is 6.22. The second-order valence-corrected chi connectivity index (χ2v) is 4.27. The van der Waals surface area contributed by atoms with Gasteiger partial charge in [-0.2, -0.15) is 0 Å². The first-order valence-electron chi connectivity index (χ1n) is 4.72. The fraction of sp³-hybridized carbons (Fsp3) is 0.364. The lowest BCUT2D eigenvalue weighted by atomic mass is 10.2. The largest absolute Gasteiger partial charge is 0.462 e. The summed E-state index contributed by atoms with van der Waals surface area (Å²) in [6.07, 6.45) is 1.88. The number of ether oxygens (including phenoxy) is 1. The summed E-state index contributed by atoms with van der Waals surface area (Å²) in [5, 5.41) is 1.48. The molecule has 0 fully saturated rings. The number of hydrogen-bond acceptors (Lipinski definition) is 2. The maximum absolute atomic E-state index is 11.5. The van der Waals surface area contributed by atoms with E-state index in [-0.39, 0.29) is 5.97 Å². The average Bonchev–Trinajstić information content (AvgIpc) is 2.24. The van der Waals surface area contributed by atoms with Crippen molar-refractivity contribution in [1.29, 1.82) is 0 Å². The van der Waals surface area contributed by atoms with Crippen molar-refractivity contribution in [2.75, 3.05) is 11.9 Å². The zero-order valence-corrected chi connectivity index (χ0v) is 10.6. The minimum atomic E-state index is -0.313. The van der Waals surface area contributed by atoms with Crippen molar-refractivity contribution in [3.8, 4) is 0 Å². The third kappa shape index (κ3) is 4.67. The standard InChI is InChI=1S/C11H12BrClO2/c12-6-1-2-7-15-11(14)9-4-3-5-10(13)8-9/h3-5,8H,1-2,6-7H2. The number of alkyl halides is 1. The second-order valence-electron chi connectivity index (χ2n) is 3.04. The number of halogens is 2. The van der Waals surface area contributed by atoms with Gasteiger partial charge in [0.1, 0.15) is 0 Å². The maximum atomic E-state index is 11.5. The number of carbonyl (C=O) groups excluding carboxylic acids is 1. The summed E-state index contributed by atoms with van der Waals surface area (Å²) in [6, 6.07) is 6.76. The van der Waals surface area contributed by atoms with Gasteiger partial charge in [-0.25, -0.2) is 4.79 Å². The highest BCUT2D eigenvalue weighted by Crippen LogP contribution is 2.11. The highest BCUT2D eigenvalue weighted by molar-refractivity contribution is 9.09. The third-order valence-electron chi connectivity index (χ3n) is 1.82. The maximum Gasteiger partial charge on any atom is 0.338 e. The Kier molecular flexibility index (Phi) is 5.73. The van der Waals surface area contributed by atoms with Crippen LogP contribution in [0, 0.1) is 0 Å². The van der Waals surface area contributed by atoms with Gasteiger partial charge >= 0.3 is 5.97 Å². The summed E-state index contributed by atoms with van der Waals surface area (Å²) in [6.45, 7) is 0.455. The van der Waals surface area contributed by atoms with E-state index in [9.17, 15) is 4.79 Å². The van der Waals surface area contributed by atoms with Crippen molar-refractivity contribution in [3.05, 3.63) is 34.9 Å². The lowest BCUT2D eigenvalue weighted by molar-refractivity contribution is 0.0500. The van der Waals surface area contributed by atoms with E-state index in [2.05, 4.69) is 15.9 Å². The fourth-order valence-corrected chi connectivity index (χ4v) is 1.65. The first kappa shape index (κ1) is 12.5. The highest BCUT2D eigenvalue weighted by Gasteiger charge is 2.06. The van der Waals surface area contributed by atoms with Gasteiger partial charge in [0.2, 0.25) is 0 Å². The second kappa shape index (κ2) is 6.85. The molecule has 0 aliphatic heterocycles. The SMILES string of the molecule is O=C(OCCCCBr)c1cccc(Cl)c1. The Morgan fingerprint density at radius 3 is 2.87 bits per heavy atom. The molecule has 15 heavy (non-hydrogen) atoms. The van der Waals surface area contributed by atoms with E-state index in [1.165, 1.54) is 0 Å². The molecular formula is C11H12BrClO2. The van der Waals surface area contributed by atoms with Crippen molar-refractivity contribution >= 4 is 33.5 Å². The van der Waals surface area contributed by atoms with Crippen LogP contribution in [0.5, 0.6) is 0 Å². The Morgan fingerprint density at radius 1 is 1.40 bits per heavy atom. The van der Waals surface area contributed by atoms with Gasteiger partial charge in [-0.15, -0.1) is 0 Å². The van der Waals surface area contributed by atoms with Crippen molar-refractivity contribution in [2.45, 2.75) is 12.8 Å². The molecule has 0 saturated heterocycles. The van der Waals surface area contributed by atoms with E-state index < -0.39 is 0 Å². The molecule has 0 bridgehead atoms.